The molecule has 1 fully saturated rings. The van der Waals surface area contributed by atoms with Gasteiger partial charge in [0.15, 0.2) is 0 Å². The molecule has 3 atom stereocenters. The zero-order chi connectivity index (χ0) is 14.5. The van der Waals surface area contributed by atoms with Crippen LogP contribution in [-0.4, -0.2) is 34.6 Å². The standard InChI is InChI=1S/C15H21Cl2NS2/c1-3-18-13(15-10(2)19-7-8-20-15)9-11-5-4-6-12(16)14(11)17/h4-6,10,13,15,18H,3,7-9H2,1-2H3. The minimum atomic E-state index is 0.448. The van der Waals surface area contributed by atoms with Crippen LogP contribution in [-0.2, 0) is 6.42 Å². The molecule has 0 spiro atoms. The van der Waals surface area contributed by atoms with Gasteiger partial charge in [0.25, 0.3) is 0 Å². The quantitative estimate of drug-likeness (QED) is 0.823. The lowest BCUT2D eigenvalue weighted by molar-refractivity contribution is 0.501. The fraction of sp³-hybridized carbons (Fsp3) is 0.600. The molecule has 1 aromatic carbocycles. The molecule has 0 aromatic heterocycles. The van der Waals surface area contributed by atoms with Crippen LogP contribution in [0.2, 0.25) is 10.0 Å². The summed E-state index contributed by atoms with van der Waals surface area (Å²) in [6.45, 7) is 5.49. The van der Waals surface area contributed by atoms with Crippen LogP contribution >= 0.6 is 46.7 Å². The van der Waals surface area contributed by atoms with Crippen LogP contribution < -0.4 is 5.32 Å². The molecular formula is C15H21Cl2NS2. The molecule has 3 unspecified atom stereocenters. The molecule has 1 aliphatic heterocycles. The lowest BCUT2D eigenvalue weighted by Crippen LogP contribution is -2.45. The fourth-order valence-corrected chi connectivity index (χ4v) is 5.96. The third kappa shape index (κ3) is 4.23. The number of likely N-dealkylation sites (N-methyl/N-ethyl adjacent to an activating group) is 1. The van der Waals surface area contributed by atoms with E-state index in [2.05, 4.69) is 48.8 Å². The van der Waals surface area contributed by atoms with E-state index in [1.165, 1.54) is 11.5 Å². The summed E-state index contributed by atoms with van der Waals surface area (Å²) in [5.41, 5.74) is 1.15. The molecular weight excluding hydrogens is 329 g/mol. The van der Waals surface area contributed by atoms with Gasteiger partial charge in [0.05, 0.1) is 10.0 Å². The van der Waals surface area contributed by atoms with Crippen LogP contribution in [0, 0.1) is 0 Å². The highest BCUT2D eigenvalue weighted by Crippen LogP contribution is 2.35. The molecule has 0 radical (unpaired) electrons. The van der Waals surface area contributed by atoms with Gasteiger partial charge >= 0.3 is 0 Å². The summed E-state index contributed by atoms with van der Waals surface area (Å²) in [5, 5.41) is 6.30. The van der Waals surface area contributed by atoms with Crippen molar-refractivity contribution < 1.29 is 0 Å². The Morgan fingerprint density at radius 3 is 2.75 bits per heavy atom. The first-order chi connectivity index (χ1) is 9.63. The summed E-state index contributed by atoms with van der Waals surface area (Å²) in [6.07, 6.45) is 0.940. The van der Waals surface area contributed by atoms with Crippen LogP contribution in [0.1, 0.15) is 19.4 Å². The molecule has 0 saturated carbocycles. The van der Waals surface area contributed by atoms with Crippen molar-refractivity contribution in [1.29, 1.82) is 0 Å². The first-order valence-corrected chi connectivity index (χ1v) is 9.88. The van der Waals surface area contributed by atoms with Crippen LogP contribution in [0.15, 0.2) is 18.2 Å². The van der Waals surface area contributed by atoms with E-state index < -0.39 is 0 Å². The molecule has 20 heavy (non-hydrogen) atoms. The summed E-state index contributed by atoms with van der Waals surface area (Å²) >= 11 is 16.6. The molecule has 112 valence electrons. The number of halogens is 2. The van der Waals surface area contributed by atoms with E-state index in [9.17, 15) is 0 Å². The lowest BCUT2D eigenvalue weighted by atomic mass is 10.0. The van der Waals surface area contributed by atoms with Crippen LogP contribution in [0.5, 0.6) is 0 Å². The molecule has 1 N–H and O–H groups in total. The predicted octanol–water partition coefficient (Wildman–Crippen LogP) is 4.75. The second-order valence-electron chi connectivity index (χ2n) is 4.99. The maximum Gasteiger partial charge on any atom is 0.0624 e. The third-order valence-electron chi connectivity index (χ3n) is 3.57. The second-order valence-corrected chi connectivity index (χ2v) is 8.55. The van der Waals surface area contributed by atoms with Crippen molar-refractivity contribution in [2.75, 3.05) is 18.1 Å². The molecule has 0 aliphatic carbocycles. The highest BCUT2D eigenvalue weighted by molar-refractivity contribution is 8.07. The number of thioether (sulfide) groups is 2. The first-order valence-electron chi connectivity index (χ1n) is 7.03. The van der Waals surface area contributed by atoms with E-state index in [4.69, 9.17) is 23.2 Å². The zero-order valence-corrected chi connectivity index (χ0v) is 15.0. The van der Waals surface area contributed by atoms with Gasteiger partial charge in [-0.1, -0.05) is 49.2 Å². The molecule has 1 saturated heterocycles. The molecule has 2 rings (SSSR count). The molecule has 1 nitrogen and oxygen atoms in total. The molecule has 0 amide bonds. The van der Waals surface area contributed by atoms with Gasteiger partial charge in [0.1, 0.15) is 0 Å². The van der Waals surface area contributed by atoms with E-state index >= 15 is 0 Å². The average molecular weight is 350 g/mol. The third-order valence-corrected chi connectivity index (χ3v) is 7.68. The Morgan fingerprint density at radius 2 is 2.05 bits per heavy atom. The largest absolute Gasteiger partial charge is 0.313 e. The smallest absolute Gasteiger partial charge is 0.0624 e. The topological polar surface area (TPSA) is 12.0 Å². The Hall–Kier alpha value is 0.460. The maximum atomic E-state index is 6.34. The Labute approximate surface area is 140 Å². The second kappa shape index (κ2) is 8.19. The van der Waals surface area contributed by atoms with Crippen LogP contribution in [0.3, 0.4) is 0 Å². The molecule has 1 aliphatic rings. The van der Waals surface area contributed by atoms with Crippen molar-refractivity contribution in [3.8, 4) is 0 Å². The number of hydrogen-bond acceptors (Lipinski definition) is 3. The van der Waals surface area contributed by atoms with E-state index in [0.29, 0.717) is 26.6 Å². The number of nitrogens with one attached hydrogen (secondary N) is 1. The van der Waals surface area contributed by atoms with Crippen molar-refractivity contribution in [3.63, 3.8) is 0 Å². The number of hydrogen-bond donors (Lipinski definition) is 1. The Kier molecular flexibility index (Phi) is 6.89. The maximum absolute atomic E-state index is 6.34. The average Bonchev–Trinajstić information content (AvgIpc) is 2.44. The summed E-state index contributed by atoms with van der Waals surface area (Å²) in [4.78, 5) is 0. The van der Waals surface area contributed by atoms with Crippen molar-refractivity contribution >= 4 is 46.7 Å². The van der Waals surface area contributed by atoms with Gasteiger partial charge < -0.3 is 5.32 Å². The molecule has 0 bridgehead atoms. The Bertz CT molecular complexity index is 442. The van der Waals surface area contributed by atoms with Gasteiger partial charge in [-0.25, -0.2) is 0 Å². The summed E-state index contributed by atoms with van der Waals surface area (Å²) in [6, 6.07) is 6.37. The SMILES string of the molecule is CCNC(Cc1cccc(Cl)c1Cl)C1SCCSC1C. The lowest BCUT2D eigenvalue weighted by Gasteiger charge is -2.35. The van der Waals surface area contributed by atoms with Gasteiger partial charge in [-0.15, -0.1) is 0 Å². The minimum Gasteiger partial charge on any atom is -0.313 e. The predicted molar refractivity (Wildman–Crippen MR) is 95.8 cm³/mol. The molecule has 1 heterocycles. The van der Waals surface area contributed by atoms with Gasteiger partial charge in [-0.05, 0) is 24.6 Å². The highest BCUT2D eigenvalue weighted by atomic mass is 35.5. The minimum absolute atomic E-state index is 0.448. The monoisotopic (exact) mass is 349 g/mol. The van der Waals surface area contributed by atoms with E-state index in [1.807, 2.05) is 12.1 Å². The fourth-order valence-electron chi connectivity index (χ4n) is 2.60. The van der Waals surface area contributed by atoms with Gasteiger partial charge in [0.2, 0.25) is 0 Å². The zero-order valence-electron chi connectivity index (χ0n) is 11.9. The van der Waals surface area contributed by atoms with Gasteiger partial charge in [0, 0.05) is 28.0 Å². The first kappa shape index (κ1) is 16.8. The molecule has 1 aromatic rings. The van der Waals surface area contributed by atoms with Gasteiger partial charge in [-0.2, -0.15) is 23.5 Å². The summed E-state index contributed by atoms with van der Waals surface area (Å²) in [5.74, 6) is 2.50. The van der Waals surface area contributed by atoms with Gasteiger partial charge in [-0.3, -0.25) is 0 Å². The Balaban J connectivity index is 2.14. The normalized spacial score (nSPS) is 24.6. The van der Waals surface area contributed by atoms with Crippen molar-refractivity contribution in [1.82, 2.24) is 5.32 Å². The van der Waals surface area contributed by atoms with Crippen molar-refractivity contribution in [2.24, 2.45) is 0 Å². The number of benzene rings is 1. The summed E-state index contributed by atoms with van der Waals surface area (Å²) in [7, 11) is 0. The summed E-state index contributed by atoms with van der Waals surface area (Å²) < 4.78 is 0. The van der Waals surface area contributed by atoms with Crippen molar-refractivity contribution in [2.45, 2.75) is 36.8 Å². The van der Waals surface area contributed by atoms with E-state index in [0.717, 1.165) is 18.5 Å². The Morgan fingerprint density at radius 1 is 1.30 bits per heavy atom. The van der Waals surface area contributed by atoms with Crippen LogP contribution in [0.4, 0.5) is 0 Å². The van der Waals surface area contributed by atoms with E-state index in [1.54, 1.807) is 0 Å². The molecule has 5 heteroatoms. The van der Waals surface area contributed by atoms with E-state index in [-0.39, 0.29) is 0 Å². The number of rotatable bonds is 5. The van der Waals surface area contributed by atoms with Crippen molar-refractivity contribution in [3.05, 3.63) is 33.8 Å². The highest BCUT2D eigenvalue weighted by Gasteiger charge is 2.30. The van der Waals surface area contributed by atoms with Crippen LogP contribution in [0.25, 0.3) is 0 Å².